The number of carbonyl (C=O) groups excluding carboxylic acids is 2. The average molecular weight is 383 g/mol. The molecule has 0 saturated heterocycles. The lowest BCUT2D eigenvalue weighted by molar-refractivity contribution is -0.169. The van der Waals surface area contributed by atoms with Crippen LogP contribution in [-0.2, 0) is 31.7 Å². The topological polar surface area (TPSA) is 68.4 Å². The number of H-pyrrole nitrogens is 1. The Balaban J connectivity index is 2.25. The number of methoxy groups -OCH3 is 2. The molecule has 1 N–H and O–H groups in total. The maximum atomic E-state index is 13.4. The van der Waals surface area contributed by atoms with Crippen molar-refractivity contribution in [1.29, 1.82) is 0 Å². The Hall–Kier alpha value is -2.51. The van der Waals surface area contributed by atoms with E-state index >= 15 is 0 Å². The van der Waals surface area contributed by atoms with Gasteiger partial charge < -0.3 is 14.5 Å². The molecule has 1 unspecified atom stereocenters. The SMILES string of the molecule is COC(=O)C1(C(=O)OC)CCC(C)c2c([nH]c3c(C(F)(F)F)cccc23)C1. The molecule has 8 heteroatoms. The van der Waals surface area contributed by atoms with Crippen LogP contribution in [0.4, 0.5) is 13.2 Å². The number of aromatic amines is 1. The number of aromatic nitrogens is 1. The number of carbonyl (C=O) groups is 2. The van der Waals surface area contributed by atoms with Crippen molar-refractivity contribution in [2.75, 3.05) is 14.2 Å². The number of rotatable bonds is 2. The summed E-state index contributed by atoms with van der Waals surface area (Å²) in [5, 5.41) is 0.456. The molecule has 0 bridgehead atoms. The van der Waals surface area contributed by atoms with Crippen LogP contribution in [0.3, 0.4) is 0 Å². The Bertz CT molecular complexity index is 884. The molecule has 0 fully saturated rings. The molecular weight excluding hydrogens is 363 g/mol. The Kier molecular flexibility index (Phi) is 4.69. The van der Waals surface area contributed by atoms with Gasteiger partial charge in [0.2, 0.25) is 0 Å². The molecule has 0 saturated carbocycles. The molecule has 0 amide bonds. The fourth-order valence-electron chi connectivity index (χ4n) is 4.05. The van der Waals surface area contributed by atoms with E-state index < -0.39 is 29.1 Å². The number of benzene rings is 1. The minimum absolute atomic E-state index is 0.0348. The van der Waals surface area contributed by atoms with Gasteiger partial charge in [0.15, 0.2) is 5.41 Å². The largest absolute Gasteiger partial charge is 0.468 e. The summed E-state index contributed by atoms with van der Waals surface area (Å²) in [5.74, 6) is -1.64. The van der Waals surface area contributed by atoms with Crippen molar-refractivity contribution < 1.29 is 32.2 Å². The smallest absolute Gasteiger partial charge is 0.418 e. The highest BCUT2D eigenvalue weighted by molar-refractivity contribution is 6.01. The summed E-state index contributed by atoms with van der Waals surface area (Å²) in [5.41, 5.74) is -1.26. The van der Waals surface area contributed by atoms with Crippen LogP contribution in [0.5, 0.6) is 0 Å². The zero-order valence-corrected chi connectivity index (χ0v) is 15.2. The predicted molar refractivity (Wildman–Crippen MR) is 91.1 cm³/mol. The van der Waals surface area contributed by atoms with Crippen LogP contribution in [0.2, 0.25) is 0 Å². The third-order valence-corrected chi connectivity index (χ3v) is 5.39. The summed E-state index contributed by atoms with van der Waals surface area (Å²) in [6, 6.07) is 4.00. The van der Waals surface area contributed by atoms with E-state index in [2.05, 4.69) is 4.98 Å². The summed E-state index contributed by atoms with van der Waals surface area (Å²) >= 11 is 0. The van der Waals surface area contributed by atoms with Crippen LogP contribution in [-0.4, -0.2) is 31.1 Å². The molecule has 1 aliphatic carbocycles. The molecular formula is C19H20F3NO4. The minimum Gasteiger partial charge on any atom is -0.468 e. The van der Waals surface area contributed by atoms with E-state index in [9.17, 15) is 22.8 Å². The maximum absolute atomic E-state index is 13.4. The zero-order chi connectivity index (χ0) is 20.0. The van der Waals surface area contributed by atoms with Crippen molar-refractivity contribution in [1.82, 2.24) is 4.98 Å². The van der Waals surface area contributed by atoms with Crippen molar-refractivity contribution in [3.05, 3.63) is 35.0 Å². The zero-order valence-electron chi connectivity index (χ0n) is 15.2. The summed E-state index contributed by atoms with van der Waals surface area (Å²) in [4.78, 5) is 27.8. The first-order valence-corrected chi connectivity index (χ1v) is 8.53. The molecule has 146 valence electrons. The van der Waals surface area contributed by atoms with Crippen LogP contribution < -0.4 is 0 Å². The third kappa shape index (κ3) is 2.96. The monoisotopic (exact) mass is 383 g/mol. The van der Waals surface area contributed by atoms with Crippen LogP contribution in [0, 0.1) is 5.41 Å². The molecule has 2 aromatic rings. The van der Waals surface area contributed by atoms with Crippen LogP contribution in [0.1, 0.15) is 42.5 Å². The normalized spacial score (nSPS) is 19.3. The lowest BCUT2D eigenvalue weighted by Crippen LogP contribution is -2.43. The molecule has 1 aliphatic rings. The van der Waals surface area contributed by atoms with E-state index in [-0.39, 0.29) is 24.3 Å². The highest BCUT2D eigenvalue weighted by atomic mass is 19.4. The van der Waals surface area contributed by atoms with Crippen molar-refractivity contribution in [3.8, 4) is 0 Å². The van der Waals surface area contributed by atoms with Gasteiger partial charge in [-0.05, 0) is 30.4 Å². The molecule has 1 aromatic carbocycles. The summed E-state index contributed by atoms with van der Waals surface area (Å²) in [6.45, 7) is 1.87. The van der Waals surface area contributed by atoms with Crippen molar-refractivity contribution in [3.63, 3.8) is 0 Å². The Morgan fingerprint density at radius 3 is 2.37 bits per heavy atom. The molecule has 0 radical (unpaired) electrons. The number of nitrogens with one attached hydrogen (secondary N) is 1. The fraction of sp³-hybridized carbons (Fsp3) is 0.474. The van der Waals surface area contributed by atoms with Crippen LogP contribution >= 0.6 is 0 Å². The second-order valence-electron chi connectivity index (χ2n) is 6.92. The third-order valence-electron chi connectivity index (χ3n) is 5.39. The maximum Gasteiger partial charge on any atom is 0.418 e. The second-order valence-corrected chi connectivity index (χ2v) is 6.92. The van der Waals surface area contributed by atoms with E-state index in [0.29, 0.717) is 23.1 Å². The molecule has 5 nitrogen and oxygen atoms in total. The Morgan fingerprint density at radius 1 is 1.19 bits per heavy atom. The number of fused-ring (bicyclic) bond motifs is 3. The molecule has 1 aromatic heterocycles. The van der Waals surface area contributed by atoms with Crippen molar-refractivity contribution >= 4 is 22.8 Å². The van der Waals surface area contributed by atoms with Gasteiger partial charge in [0.05, 0.1) is 25.3 Å². The highest BCUT2D eigenvalue weighted by Gasteiger charge is 2.51. The molecule has 3 rings (SSSR count). The Labute approximate surface area is 153 Å². The number of esters is 2. The lowest BCUT2D eigenvalue weighted by atomic mass is 9.79. The first kappa shape index (κ1) is 19.3. The van der Waals surface area contributed by atoms with Gasteiger partial charge in [0.25, 0.3) is 0 Å². The number of ether oxygens (including phenoxy) is 2. The predicted octanol–water partition coefficient (Wildman–Crippen LogP) is 3.96. The van der Waals surface area contributed by atoms with E-state index in [1.807, 2.05) is 6.92 Å². The molecule has 0 spiro atoms. The van der Waals surface area contributed by atoms with Gasteiger partial charge in [-0.1, -0.05) is 19.1 Å². The van der Waals surface area contributed by atoms with E-state index in [1.165, 1.54) is 20.3 Å². The van der Waals surface area contributed by atoms with Gasteiger partial charge in [0.1, 0.15) is 0 Å². The van der Waals surface area contributed by atoms with E-state index in [1.54, 1.807) is 6.07 Å². The first-order valence-electron chi connectivity index (χ1n) is 8.53. The Morgan fingerprint density at radius 2 is 1.81 bits per heavy atom. The van der Waals surface area contributed by atoms with Gasteiger partial charge in [-0.2, -0.15) is 13.2 Å². The summed E-state index contributed by atoms with van der Waals surface area (Å²) in [6.07, 6.45) is -4.00. The van der Waals surface area contributed by atoms with Crippen LogP contribution in [0.15, 0.2) is 18.2 Å². The first-order chi connectivity index (χ1) is 12.7. The number of hydrogen-bond donors (Lipinski definition) is 1. The van der Waals surface area contributed by atoms with Gasteiger partial charge in [-0.25, -0.2) is 0 Å². The number of alkyl halides is 3. The molecule has 1 atom stereocenters. The fourth-order valence-corrected chi connectivity index (χ4v) is 4.05. The average Bonchev–Trinajstić information content (AvgIpc) is 2.92. The lowest BCUT2D eigenvalue weighted by Gasteiger charge is -2.26. The molecule has 1 heterocycles. The van der Waals surface area contributed by atoms with Crippen LogP contribution in [0.25, 0.3) is 10.9 Å². The molecule has 0 aliphatic heterocycles. The van der Waals surface area contributed by atoms with Crippen molar-refractivity contribution in [2.45, 2.75) is 38.3 Å². The second kappa shape index (κ2) is 6.58. The van der Waals surface area contributed by atoms with Crippen molar-refractivity contribution in [2.24, 2.45) is 5.41 Å². The van der Waals surface area contributed by atoms with Gasteiger partial charge in [0, 0.05) is 17.5 Å². The van der Waals surface area contributed by atoms with E-state index in [0.717, 1.165) is 6.07 Å². The summed E-state index contributed by atoms with van der Waals surface area (Å²) < 4.78 is 49.9. The number of para-hydroxylation sites is 1. The van der Waals surface area contributed by atoms with Gasteiger partial charge in [-0.15, -0.1) is 0 Å². The van der Waals surface area contributed by atoms with Gasteiger partial charge in [-0.3, -0.25) is 9.59 Å². The minimum atomic E-state index is -4.52. The standard InChI is InChI=1S/C19H20F3NO4/c1-10-7-8-18(16(24)26-2,17(25)27-3)9-13-14(10)11-5-4-6-12(15(11)23-13)19(20,21)22/h4-6,10,23H,7-9H2,1-3H3. The van der Waals surface area contributed by atoms with Gasteiger partial charge >= 0.3 is 18.1 Å². The number of hydrogen-bond acceptors (Lipinski definition) is 4. The molecule has 27 heavy (non-hydrogen) atoms. The quantitative estimate of drug-likeness (QED) is 0.484. The van der Waals surface area contributed by atoms with E-state index in [4.69, 9.17) is 9.47 Å². The summed E-state index contributed by atoms with van der Waals surface area (Å²) in [7, 11) is 2.35. The number of halogens is 3. The highest BCUT2D eigenvalue weighted by Crippen LogP contribution is 2.45.